The lowest BCUT2D eigenvalue weighted by molar-refractivity contribution is 0.905. The van der Waals surface area contributed by atoms with Crippen molar-refractivity contribution in [2.75, 3.05) is 11.9 Å². The van der Waals surface area contributed by atoms with Gasteiger partial charge in [0, 0.05) is 13.2 Å². The number of nitrogens with zero attached hydrogens (tertiary/aromatic N) is 2. The number of hydrogen-bond donors (Lipinski definition) is 0. The number of anilines is 1. The van der Waals surface area contributed by atoms with Gasteiger partial charge in [0.1, 0.15) is 5.82 Å². The van der Waals surface area contributed by atoms with E-state index in [-0.39, 0.29) is 0 Å². The van der Waals surface area contributed by atoms with Crippen molar-refractivity contribution in [3.63, 3.8) is 0 Å². The first-order valence-electron chi connectivity index (χ1n) is 4.59. The molecule has 0 aliphatic carbocycles. The molecule has 0 bridgehead atoms. The average molecular weight is 176 g/mol. The van der Waals surface area contributed by atoms with Gasteiger partial charge in [-0.05, 0) is 24.3 Å². The Labute approximate surface area is 79.9 Å². The van der Waals surface area contributed by atoms with Crippen molar-refractivity contribution in [3.05, 3.63) is 36.7 Å². The summed E-state index contributed by atoms with van der Waals surface area (Å²) >= 11 is 0. The number of aromatic nitrogens is 1. The molecule has 0 saturated heterocycles. The fraction of sp³-hybridized carbons (Fsp3) is 0.364. The maximum Gasteiger partial charge on any atom is 0.135 e. The Morgan fingerprint density at radius 3 is 3.00 bits per heavy atom. The summed E-state index contributed by atoms with van der Waals surface area (Å²) in [7, 11) is 1.97. The molecule has 0 unspecified atom stereocenters. The number of aryl methyl sites for hydroxylation is 1. The van der Waals surface area contributed by atoms with Crippen LogP contribution in [0.15, 0.2) is 31.1 Å². The van der Waals surface area contributed by atoms with Gasteiger partial charge in [-0.2, -0.15) is 0 Å². The van der Waals surface area contributed by atoms with E-state index in [0.29, 0.717) is 0 Å². The average Bonchev–Trinajstić information content (AvgIpc) is 2.18. The highest BCUT2D eigenvalue weighted by molar-refractivity contribution is 5.48. The summed E-state index contributed by atoms with van der Waals surface area (Å²) in [5.74, 6) is 1.01. The topological polar surface area (TPSA) is 16.1 Å². The molecule has 1 rings (SSSR count). The minimum atomic E-state index is 1.01. The zero-order valence-corrected chi connectivity index (χ0v) is 8.33. The summed E-state index contributed by atoms with van der Waals surface area (Å²) in [4.78, 5) is 6.27. The Kier molecular flexibility index (Phi) is 3.50. The van der Waals surface area contributed by atoms with Crippen LogP contribution in [0.5, 0.6) is 0 Å². The van der Waals surface area contributed by atoms with Crippen molar-refractivity contribution in [1.82, 2.24) is 4.98 Å². The third kappa shape index (κ3) is 2.31. The molecule has 1 heterocycles. The van der Waals surface area contributed by atoms with Gasteiger partial charge in [-0.25, -0.2) is 4.98 Å². The van der Waals surface area contributed by atoms with Crippen LogP contribution in [0.1, 0.15) is 18.9 Å². The molecule has 0 amide bonds. The quantitative estimate of drug-likeness (QED) is 0.701. The van der Waals surface area contributed by atoms with Crippen molar-refractivity contribution in [3.8, 4) is 0 Å². The van der Waals surface area contributed by atoms with Crippen LogP contribution >= 0.6 is 0 Å². The zero-order valence-electron chi connectivity index (χ0n) is 8.33. The lowest BCUT2D eigenvalue weighted by Crippen LogP contribution is -2.11. The van der Waals surface area contributed by atoms with Crippen LogP contribution < -0.4 is 4.90 Å². The van der Waals surface area contributed by atoms with Crippen LogP contribution in [-0.4, -0.2) is 12.0 Å². The Hall–Kier alpha value is -1.31. The van der Waals surface area contributed by atoms with Crippen LogP contribution in [0.25, 0.3) is 0 Å². The maximum absolute atomic E-state index is 4.32. The molecule has 2 heteroatoms. The molecule has 1 aromatic rings. The van der Waals surface area contributed by atoms with Gasteiger partial charge < -0.3 is 4.90 Å². The van der Waals surface area contributed by atoms with E-state index in [1.807, 2.05) is 24.2 Å². The molecule has 0 spiro atoms. The summed E-state index contributed by atoms with van der Waals surface area (Å²) in [5, 5.41) is 0. The molecule has 0 aromatic carbocycles. The maximum atomic E-state index is 4.32. The Morgan fingerprint density at radius 1 is 1.62 bits per heavy atom. The molecule has 0 aliphatic heterocycles. The summed E-state index contributed by atoms with van der Waals surface area (Å²) in [5.41, 5.74) is 1.28. The summed E-state index contributed by atoms with van der Waals surface area (Å²) in [6.07, 6.45) is 5.81. The molecule has 0 aliphatic rings. The summed E-state index contributed by atoms with van der Waals surface area (Å²) < 4.78 is 0. The predicted octanol–water partition coefficient (Wildman–Crippen LogP) is 2.61. The van der Waals surface area contributed by atoms with E-state index in [1.165, 1.54) is 5.56 Å². The SMILES string of the molecule is C=CN(C)c1ncccc1CCC. The van der Waals surface area contributed by atoms with Crippen LogP contribution in [0, 0.1) is 0 Å². The van der Waals surface area contributed by atoms with Gasteiger partial charge in [0.05, 0.1) is 0 Å². The predicted molar refractivity (Wildman–Crippen MR) is 56.8 cm³/mol. The lowest BCUT2D eigenvalue weighted by atomic mass is 10.1. The molecule has 1 aromatic heterocycles. The first kappa shape index (κ1) is 9.78. The molecule has 13 heavy (non-hydrogen) atoms. The van der Waals surface area contributed by atoms with E-state index >= 15 is 0 Å². The van der Waals surface area contributed by atoms with Gasteiger partial charge in [-0.3, -0.25) is 0 Å². The highest BCUT2D eigenvalue weighted by Crippen LogP contribution is 2.17. The number of hydrogen-bond acceptors (Lipinski definition) is 2. The van der Waals surface area contributed by atoms with Gasteiger partial charge in [0.15, 0.2) is 0 Å². The molecule has 0 saturated carbocycles. The minimum Gasteiger partial charge on any atom is -0.336 e. The number of pyridine rings is 1. The molecule has 0 N–H and O–H groups in total. The third-order valence-electron chi connectivity index (χ3n) is 1.99. The largest absolute Gasteiger partial charge is 0.336 e. The van der Waals surface area contributed by atoms with E-state index in [1.54, 1.807) is 6.20 Å². The lowest BCUT2D eigenvalue weighted by Gasteiger charge is -2.15. The highest BCUT2D eigenvalue weighted by atomic mass is 15.1. The standard InChI is InChI=1S/C11H16N2/c1-4-7-10-8-6-9-12-11(10)13(3)5-2/h5-6,8-9H,2,4,7H2,1,3H3. The van der Waals surface area contributed by atoms with Crippen molar-refractivity contribution in [1.29, 1.82) is 0 Å². The smallest absolute Gasteiger partial charge is 0.135 e. The second-order valence-electron chi connectivity index (χ2n) is 3.03. The molecular formula is C11H16N2. The molecule has 0 fully saturated rings. The van der Waals surface area contributed by atoms with Gasteiger partial charge in [0.25, 0.3) is 0 Å². The van der Waals surface area contributed by atoms with Gasteiger partial charge >= 0.3 is 0 Å². The van der Waals surface area contributed by atoms with Gasteiger partial charge in [-0.1, -0.05) is 26.0 Å². The highest BCUT2D eigenvalue weighted by Gasteiger charge is 2.03. The normalized spacial score (nSPS) is 9.69. The Bertz CT molecular complexity index is 281. The zero-order chi connectivity index (χ0) is 9.68. The van der Waals surface area contributed by atoms with Crippen molar-refractivity contribution < 1.29 is 0 Å². The van der Waals surface area contributed by atoms with Crippen LogP contribution in [-0.2, 0) is 6.42 Å². The Balaban J connectivity index is 2.96. The fourth-order valence-corrected chi connectivity index (χ4v) is 1.30. The first-order chi connectivity index (χ1) is 6.29. The van der Waals surface area contributed by atoms with E-state index in [2.05, 4.69) is 24.6 Å². The van der Waals surface area contributed by atoms with E-state index in [4.69, 9.17) is 0 Å². The molecule has 2 nitrogen and oxygen atoms in total. The van der Waals surface area contributed by atoms with E-state index in [0.717, 1.165) is 18.7 Å². The van der Waals surface area contributed by atoms with Gasteiger partial charge in [-0.15, -0.1) is 0 Å². The summed E-state index contributed by atoms with van der Waals surface area (Å²) in [6.45, 7) is 5.90. The number of rotatable bonds is 4. The van der Waals surface area contributed by atoms with Crippen LogP contribution in [0.4, 0.5) is 5.82 Å². The van der Waals surface area contributed by atoms with E-state index < -0.39 is 0 Å². The summed E-state index contributed by atoms with van der Waals surface area (Å²) in [6, 6.07) is 4.09. The van der Waals surface area contributed by atoms with Crippen molar-refractivity contribution in [2.45, 2.75) is 19.8 Å². The molecule has 0 radical (unpaired) electrons. The van der Waals surface area contributed by atoms with Crippen molar-refractivity contribution >= 4 is 5.82 Å². The second-order valence-corrected chi connectivity index (χ2v) is 3.03. The molecule has 70 valence electrons. The molecule has 0 atom stereocenters. The monoisotopic (exact) mass is 176 g/mol. The molecular weight excluding hydrogens is 160 g/mol. The van der Waals surface area contributed by atoms with Crippen LogP contribution in [0.2, 0.25) is 0 Å². The Morgan fingerprint density at radius 2 is 2.38 bits per heavy atom. The van der Waals surface area contributed by atoms with E-state index in [9.17, 15) is 0 Å². The first-order valence-corrected chi connectivity index (χ1v) is 4.59. The third-order valence-corrected chi connectivity index (χ3v) is 1.99. The fourth-order valence-electron chi connectivity index (χ4n) is 1.30. The second kappa shape index (κ2) is 4.65. The van der Waals surface area contributed by atoms with Crippen molar-refractivity contribution in [2.24, 2.45) is 0 Å². The minimum absolute atomic E-state index is 1.01. The van der Waals surface area contributed by atoms with Gasteiger partial charge in [0.2, 0.25) is 0 Å². The van der Waals surface area contributed by atoms with Crippen LogP contribution in [0.3, 0.4) is 0 Å².